The van der Waals surface area contributed by atoms with Crippen LogP contribution < -0.4 is 0 Å². The highest BCUT2D eigenvalue weighted by Crippen LogP contribution is 2.37. The second kappa shape index (κ2) is 4.17. The van der Waals surface area contributed by atoms with Gasteiger partial charge < -0.3 is 15.3 Å². The number of carbonyl (C=O) groups is 1. The number of hydrogen-bond acceptors (Lipinski definition) is 4. The van der Waals surface area contributed by atoms with Crippen molar-refractivity contribution in [2.24, 2.45) is 0 Å². The van der Waals surface area contributed by atoms with Crippen molar-refractivity contribution >= 4 is 5.78 Å². The summed E-state index contributed by atoms with van der Waals surface area (Å²) in [5.41, 5.74) is 0.377. The van der Waals surface area contributed by atoms with E-state index < -0.39 is 11.5 Å². The van der Waals surface area contributed by atoms with Gasteiger partial charge in [-0.3, -0.25) is 4.79 Å². The molecule has 0 aliphatic rings. The van der Waals surface area contributed by atoms with E-state index in [1.807, 2.05) is 0 Å². The Balaban J connectivity index is 2.49. The average molecular weight is 232 g/mol. The van der Waals surface area contributed by atoms with Crippen molar-refractivity contribution in [3.05, 3.63) is 53.6 Å². The van der Waals surface area contributed by atoms with Crippen molar-refractivity contribution in [2.45, 2.75) is 0 Å². The number of aromatic hydroxyl groups is 3. The van der Waals surface area contributed by atoms with Crippen molar-refractivity contribution in [3.8, 4) is 17.2 Å². The molecule has 0 bridgehead atoms. The molecule has 0 aliphatic carbocycles. The molecule has 2 aromatic rings. The van der Waals surface area contributed by atoms with Crippen molar-refractivity contribution in [1.82, 2.24) is 0 Å². The predicted octanol–water partition coefficient (Wildman–Crippen LogP) is 2.03. The fourth-order valence-corrected chi connectivity index (χ4v) is 1.48. The van der Waals surface area contributed by atoms with E-state index in [-0.39, 0.29) is 17.1 Å². The van der Waals surface area contributed by atoms with Gasteiger partial charge in [-0.1, -0.05) is 30.3 Å². The average Bonchev–Trinajstić information content (AvgIpc) is 2.47. The summed E-state index contributed by atoms with van der Waals surface area (Å²) >= 11 is 0. The molecule has 0 saturated carbocycles. The molecular weight excluding hydrogens is 220 g/mol. The number of phenols is 3. The van der Waals surface area contributed by atoms with Crippen LogP contribution in [0.1, 0.15) is 15.9 Å². The van der Waals surface area contributed by atoms with Gasteiger partial charge in [-0.2, -0.15) is 0 Å². The van der Waals surface area contributed by atoms with Gasteiger partial charge in [0.25, 0.3) is 2.86 Å². The molecule has 0 amide bonds. The molecule has 86 valence electrons. The minimum atomic E-state index is -0.520. The number of ketones is 1. The number of carbonyl (C=O) groups excluding carboxylic acids is 1. The molecule has 0 spiro atoms. The fourth-order valence-electron chi connectivity index (χ4n) is 1.48. The molecule has 0 aromatic heterocycles. The lowest BCUT2D eigenvalue weighted by atomic mass is 10.0. The van der Waals surface area contributed by atoms with Crippen LogP contribution in [0.15, 0.2) is 42.5 Å². The van der Waals surface area contributed by atoms with Gasteiger partial charge in [0.2, 0.25) is 5.75 Å². The van der Waals surface area contributed by atoms with Gasteiger partial charge >= 0.3 is 0 Å². The van der Waals surface area contributed by atoms with Gasteiger partial charge in [-0.25, -0.2) is 0 Å². The topological polar surface area (TPSA) is 77.8 Å². The third kappa shape index (κ3) is 1.92. The van der Waals surface area contributed by atoms with E-state index in [0.29, 0.717) is 5.56 Å². The molecule has 0 radical (unpaired) electrons. The van der Waals surface area contributed by atoms with E-state index in [2.05, 4.69) is 10.2 Å². The summed E-state index contributed by atoms with van der Waals surface area (Å²) in [4.78, 5) is 12.2. The van der Waals surface area contributed by atoms with Crippen LogP contribution in [0.25, 0.3) is 0 Å². The minimum Gasteiger partial charge on any atom is -0.504 e. The number of benzene rings is 2. The Bertz CT molecular complexity index is 599. The summed E-state index contributed by atoms with van der Waals surface area (Å²) in [6.45, 7) is 0. The molecule has 0 heterocycles. The maximum absolute atomic E-state index is 12.2. The van der Waals surface area contributed by atoms with Gasteiger partial charge in [-0.15, -0.1) is 0 Å². The lowest BCUT2D eigenvalue weighted by Gasteiger charge is -2.06. The highest BCUT2D eigenvalue weighted by molar-refractivity contribution is 6.11. The Kier molecular flexibility index (Phi) is 2.12. The summed E-state index contributed by atoms with van der Waals surface area (Å²) in [7, 11) is 0. The first-order chi connectivity index (χ1) is 9.19. The molecule has 0 saturated heterocycles. The SMILES string of the molecule is [2H]Oc1ccc(C(=O)c2ccccc2)c(O)c1O[2H]. The number of rotatable bonds is 4. The van der Waals surface area contributed by atoms with Gasteiger partial charge in [0, 0.05) is 5.56 Å². The predicted molar refractivity (Wildman–Crippen MR) is 61.3 cm³/mol. The Morgan fingerprint density at radius 1 is 1.00 bits per heavy atom. The number of phenolic OH excluding ortho intramolecular Hbond substituents is 3. The van der Waals surface area contributed by atoms with E-state index in [1.165, 1.54) is 12.1 Å². The highest BCUT2D eigenvalue weighted by atomic mass is 16.3. The molecule has 2 rings (SSSR count). The van der Waals surface area contributed by atoms with Crippen molar-refractivity contribution in [2.75, 3.05) is 0 Å². The van der Waals surface area contributed by atoms with Crippen LogP contribution in [-0.2, 0) is 0 Å². The minimum absolute atomic E-state index is 0.0192. The lowest BCUT2D eigenvalue weighted by molar-refractivity contribution is 0.103. The largest absolute Gasteiger partial charge is 0.504 e. The van der Waals surface area contributed by atoms with Crippen molar-refractivity contribution in [1.29, 1.82) is 2.86 Å². The molecule has 0 atom stereocenters. The Morgan fingerprint density at radius 2 is 1.76 bits per heavy atom. The standard InChI is InChI=1S/C13H10O4/c14-10-7-6-9(12(16)13(10)17)11(15)8-4-2-1-3-5-8/h1-7,14,16-17H/i/hD2. The maximum atomic E-state index is 12.2. The second-order valence-electron chi connectivity index (χ2n) is 3.48. The molecule has 3 N–H and O–H groups in total. The van der Waals surface area contributed by atoms with Crippen LogP contribution >= 0.6 is 0 Å². The zero-order valence-electron chi connectivity index (χ0n) is 10.7. The Hall–Kier alpha value is -2.49. The molecule has 0 unspecified atom stereocenters. The zero-order chi connectivity index (χ0) is 13.8. The van der Waals surface area contributed by atoms with E-state index in [9.17, 15) is 9.90 Å². The van der Waals surface area contributed by atoms with E-state index >= 15 is 0 Å². The van der Waals surface area contributed by atoms with Crippen molar-refractivity contribution in [3.63, 3.8) is 0 Å². The van der Waals surface area contributed by atoms with Crippen LogP contribution in [0.2, 0.25) is 0 Å². The smallest absolute Gasteiger partial charge is 0.293 e. The van der Waals surface area contributed by atoms with Gasteiger partial charge in [0.1, 0.15) is 0 Å². The van der Waals surface area contributed by atoms with Gasteiger partial charge in [-0.05, 0) is 12.1 Å². The first-order valence-electron chi connectivity index (χ1n) is 5.72. The first kappa shape index (κ1) is 8.64. The van der Waals surface area contributed by atoms with Gasteiger partial charge in [0.05, 0.1) is 5.56 Å². The van der Waals surface area contributed by atoms with Crippen LogP contribution in [-0.4, -0.2) is 24.0 Å². The molecule has 17 heavy (non-hydrogen) atoms. The van der Waals surface area contributed by atoms with Crippen LogP contribution in [0.3, 0.4) is 0 Å². The zero-order valence-corrected chi connectivity index (χ0v) is 8.71. The van der Waals surface area contributed by atoms with E-state index in [1.54, 1.807) is 30.3 Å². The van der Waals surface area contributed by atoms with E-state index in [4.69, 9.17) is 2.86 Å². The lowest BCUT2D eigenvalue weighted by Crippen LogP contribution is -2.01. The summed E-state index contributed by atoms with van der Waals surface area (Å²) in [5, 5.41) is 18.3. The normalized spacial score (nSPS) is 11.3. The third-order valence-electron chi connectivity index (χ3n) is 2.38. The highest BCUT2D eigenvalue weighted by Gasteiger charge is 2.18. The van der Waals surface area contributed by atoms with E-state index in [0.717, 1.165) is 0 Å². The summed E-state index contributed by atoms with van der Waals surface area (Å²) < 4.78 is 13.6. The third-order valence-corrected chi connectivity index (χ3v) is 2.38. The second-order valence-corrected chi connectivity index (χ2v) is 3.48. The Morgan fingerprint density at radius 3 is 2.41 bits per heavy atom. The van der Waals surface area contributed by atoms with Crippen LogP contribution in [0, 0.1) is 0 Å². The molecule has 4 nitrogen and oxygen atoms in total. The van der Waals surface area contributed by atoms with Gasteiger partial charge in [0.15, 0.2) is 17.3 Å². The summed E-state index contributed by atoms with van der Waals surface area (Å²) in [5.74, 6) is -1.43. The summed E-state index contributed by atoms with van der Waals surface area (Å²) in [6, 6.07) is 11.0. The fraction of sp³-hybridized carbons (Fsp3) is 0. The van der Waals surface area contributed by atoms with Crippen LogP contribution in [0.4, 0.5) is 0 Å². The number of hydrogen-bond donors (Lipinski definition) is 3. The molecular formula is C13H10O4. The molecule has 2 aromatic carbocycles. The molecule has 0 fully saturated rings. The van der Waals surface area contributed by atoms with Crippen LogP contribution in [0.5, 0.6) is 17.2 Å². The first-order valence-corrected chi connectivity index (χ1v) is 4.91. The Labute approximate surface area is 100 Å². The maximum Gasteiger partial charge on any atom is 0.293 e. The molecule has 4 heteroatoms. The summed E-state index contributed by atoms with van der Waals surface area (Å²) in [6.07, 6.45) is 0. The molecule has 0 aliphatic heterocycles. The van der Waals surface area contributed by atoms with Crippen molar-refractivity contribution < 1.29 is 20.1 Å². The quantitative estimate of drug-likeness (QED) is 0.556. The monoisotopic (exact) mass is 232 g/mol.